The summed E-state index contributed by atoms with van der Waals surface area (Å²) < 4.78 is 0. The molecule has 0 aliphatic rings. The molecule has 4 nitrogen and oxygen atoms in total. The predicted octanol–water partition coefficient (Wildman–Crippen LogP) is 8.72. The van der Waals surface area contributed by atoms with E-state index in [1.165, 1.54) is 5.56 Å². The van der Waals surface area contributed by atoms with Gasteiger partial charge >= 0.3 is 0 Å². The number of hydrogen-bond donors (Lipinski definition) is 0. The van der Waals surface area contributed by atoms with Crippen molar-refractivity contribution in [3.8, 4) is 22.6 Å². The molecule has 0 spiro atoms. The van der Waals surface area contributed by atoms with Gasteiger partial charge in [-0.05, 0) is 54.4 Å². The molecule has 0 fully saturated rings. The number of aromatic nitrogens is 4. The molecule has 0 radical (unpaired) electrons. The molecule has 4 aromatic heterocycles. The fourth-order valence-corrected chi connectivity index (χ4v) is 5.31. The zero-order valence-electron chi connectivity index (χ0n) is 23.8. The maximum atomic E-state index is 5.24. The Bertz CT molecular complexity index is 1820. The van der Waals surface area contributed by atoms with Gasteiger partial charge in [0.25, 0.3) is 0 Å². The molecule has 4 heteroatoms. The van der Waals surface area contributed by atoms with Crippen LogP contribution in [0.25, 0.3) is 44.5 Å². The van der Waals surface area contributed by atoms with Crippen LogP contribution in [-0.2, 0) is 17.3 Å². The number of pyridine rings is 4. The van der Waals surface area contributed by atoms with Crippen LogP contribution in [0.3, 0.4) is 0 Å². The predicted molar refractivity (Wildman–Crippen MR) is 165 cm³/mol. The Hall–Kier alpha value is -4.44. The molecule has 0 saturated carbocycles. The molecule has 40 heavy (non-hydrogen) atoms. The van der Waals surface area contributed by atoms with Crippen molar-refractivity contribution in [2.24, 2.45) is 0 Å². The van der Waals surface area contributed by atoms with Gasteiger partial charge in [0.05, 0.1) is 28.1 Å². The van der Waals surface area contributed by atoms with Crippen molar-refractivity contribution in [3.05, 3.63) is 120 Å². The van der Waals surface area contributed by atoms with E-state index in [0.29, 0.717) is 0 Å². The summed E-state index contributed by atoms with van der Waals surface area (Å²) in [4.78, 5) is 20.0. The van der Waals surface area contributed by atoms with Crippen LogP contribution >= 0.6 is 0 Å². The highest BCUT2D eigenvalue weighted by Gasteiger charge is 2.26. The first kappa shape index (κ1) is 25.8. The standard InChI is InChI=1S/C36H34N4/c1-35(2,3)31-20-18-27-26(23-36(4,5)32-16-11-15-30(38-32)29-14-9-10-21-37-29)22-25-17-19-28(24-12-7-6-8-13-24)39-33(25)34(27)40-31/h6-22H,23H2,1-5H3. The number of benzene rings is 2. The van der Waals surface area contributed by atoms with E-state index in [9.17, 15) is 0 Å². The fraction of sp³-hybridized carbons (Fsp3) is 0.222. The lowest BCUT2D eigenvalue weighted by molar-refractivity contribution is 0.508. The molecule has 0 unspecified atom stereocenters. The zero-order valence-corrected chi connectivity index (χ0v) is 23.8. The minimum absolute atomic E-state index is 0.0668. The molecule has 0 aliphatic heterocycles. The van der Waals surface area contributed by atoms with Crippen molar-refractivity contribution in [2.45, 2.75) is 51.9 Å². The van der Waals surface area contributed by atoms with Gasteiger partial charge in [0.1, 0.15) is 0 Å². The summed E-state index contributed by atoms with van der Waals surface area (Å²) >= 11 is 0. The van der Waals surface area contributed by atoms with Crippen LogP contribution in [0, 0.1) is 0 Å². The smallest absolute Gasteiger partial charge is 0.0972 e. The summed E-state index contributed by atoms with van der Waals surface area (Å²) in [5.41, 5.74) is 8.82. The average Bonchev–Trinajstić information content (AvgIpc) is 2.97. The quantitative estimate of drug-likeness (QED) is 0.212. The Morgan fingerprint density at radius 1 is 0.575 bits per heavy atom. The first-order valence-corrected chi connectivity index (χ1v) is 13.9. The van der Waals surface area contributed by atoms with Crippen molar-refractivity contribution < 1.29 is 0 Å². The summed E-state index contributed by atoms with van der Waals surface area (Å²) in [6.07, 6.45) is 2.63. The largest absolute Gasteiger partial charge is 0.255 e. The van der Waals surface area contributed by atoms with E-state index < -0.39 is 0 Å². The Balaban J connectivity index is 1.49. The van der Waals surface area contributed by atoms with Crippen molar-refractivity contribution in [2.75, 3.05) is 0 Å². The van der Waals surface area contributed by atoms with Gasteiger partial charge in [-0.2, -0.15) is 0 Å². The lowest BCUT2D eigenvalue weighted by Crippen LogP contribution is -2.22. The van der Waals surface area contributed by atoms with E-state index in [1.54, 1.807) is 0 Å². The van der Waals surface area contributed by atoms with Crippen LogP contribution in [0.2, 0.25) is 0 Å². The van der Waals surface area contributed by atoms with E-state index in [2.05, 4.69) is 106 Å². The van der Waals surface area contributed by atoms with Gasteiger partial charge in [0.15, 0.2) is 0 Å². The van der Waals surface area contributed by atoms with Crippen molar-refractivity contribution in [1.82, 2.24) is 19.9 Å². The van der Waals surface area contributed by atoms with E-state index in [0.717, 1.165) is 62.3 Å². The van der Waals surface area contributed by atoms with E-state index in [-0.39, 0.29) is 10.8 Å². The highest BCUT2D eigenvalue weighted by Crippen LogP contribution is 2.35. The van der Waals surface area contributed by atoms with Gasteiger partial charge in [0.2, 0.25) is 0 Å². The molecule has 198 valence electrons. The van der Waals surface area contributed by atoms with Gasteiger partial charge in [-0.25, -0.2) is 9.97 Å². The van der Waals surface area contributed by atoms with Crippen LogP contribution in [0.1, 0.15) is 51.6 Å². The summed E-state index contributed by atoms with van der Waals surface area (Å²) in [6.45, 7) is 11.2. The summed E-state index contributed by atoms with van der Waals surface area (Å²) in [6, 6.07) is 33.5. The molecule has 0 bridgehead atoms. The molecule has 0 amide bonds. The Morgan fingerprint density at radius 3 is 2.10 bits per heavy atom. The highest BCUT2D eigenvalue weighted by atomic mass is 14.8. The first-order chi connectivity index (χ1) is 19.2. The molecule has 6 rings (SSSR count). The Labute approximate surface area is 236 Å². The maximum Gasteiger partial charge on any atom is 0.0972 e. The molecule has 0 N–H and O–H groups in total. The average molecular weight is 523 g/mol. The van der Waals surface area contributed by atoms with Crippen molar-refractivity contribution in [3.63, 3.8) is 0 Å². The minimum Gasteiger partial charge on any atom is -0.255 e. The molecule has 0 aliphatic carbocycles. The second-order valence-corrected chi connectivity index (χ2v) is 12.2. The first-order valence-electron chi connectivity index (χ1n) is 13.9. The molecular formula is C36H34N4. The van der Waals surface area contributed by atoms with Gasteiger partial charge in [-0.3, -0.25) is 9.97 Å². The summed E-state index contributed by atoms with van der Waals surface area (Å²) in [5, 5.41) is 2.25. The molecule has 4 heterocycles. The van der Waals surface area contributed by atoms with Crippen molar-refractivity contribution >= 4 is 21.8 Å². The lowest BCUT2D eigenvalue weighted by atomic mass is 9.80. The Morgan fingerprint density at radius 2 is 1.35 bits per heavy atom. The topological polar surface area (TPSA) is 51.6 Å². The highest BCUT2D eigenvalue weighted by molar-refractivity contribution is 6.05. The van der Waals surface area contributed by atoms with Gasteiger partial charge in [0, 0.05) is 44.8 Å². The van der Waals surface area contributed by atoms with Crippen LogP contribution < -0.4 is 0 Å². The van der Waals surface area contributed by atoms with Crippen molar-refractivity contribution in [1.29, 1.82) is 0 Å². The van der Waals surface area contributed by atoms with E-state index in [1.807, 2.05) is 36.5 Å². The van der Waals surface area contributed by atoms with Crippen LogP contribution in [0.4, 0.5) is 0 Å². The number of rotatable bonds is 5. The third-order valence-electron chi connectivity index (χ3n) is 7.56. The number of hydrogen-bond acceptors (Lipinski definition) is 4. The SMILES string of the molecule is CC(C)(C)c1ccc2c(CC(C)(C)c3cccc(-c4ccccn4)n3)cc3ccc(-c4ccccc4)nc3c2n1. The second kappa shape index (κ2) is 9.95. The Kier molecular flexibility index (Phi) is 6.42. The van der Waals surface area contributed by atoms with Crippen LogP contribution in [0.15, 0.2) is 103 Å². The molecule has 6 aromatic rings. The molecule has 0 atom stereocenters. The number of nitrogens with zero attached hydrogens (tertiary/aromatic N) is 4. The third kappa shape index (κ3) is 4.98. The second-order valence-electron chi connectivity index (χ2n) is 12.2. The van der Waals surface area contributed by atoms with E-state index >= 15 is 0 Å². The monoisotopic (exact) mass is 522 g/mol. The molecule has 0 saturated heterocycles. The fourth-order valence-electron chi connectivity index (χ4n) is 5.31. The minimum atomic E-state index is -0.217. The van der Waals surface area contributed by atoms with Gasteiger partial charge in [-0.1, -0.05) is 89.2 Å². The zero-order chi connectivity index (χ0) is 27.9. The van der Waals surface area contributed by atoms with E-state index in [4.69, 9.17) is 15.0 Å². The summed E-state index contributed by atoms with van der Waals surface area (Å²) in [5.74, 6) is 0. The van der Waals surface area contributed by atoms with Gasteiger partial charge < -0.3 is 0 Å². The summed E-state index contributed by atoms with van der Waals surface area (Å²) in [7, 11) is 0. The van der Waals surface area contributed by atoms with Gasteiger partial charge in [-0.15, -0.1) is 0 Å². The normalized spacial score (nSPS) is 12.2. The molecular weight excluding hydrogens is 488 g/mol. The molecule has 2 aromatic carbocycles. The van der Waals surface area contributed by atoms with Crippen LogP contribution in [0.5, 0.6) is 0 Å². The lowest BCUT2D eigenvalue weighted by Gasteiger charge is -2.26. The maximum absolute atomic E-state index is 5.24. The number of fused-ring (bicyclic) bond motifs is 3. The van der Waals surface area contributed by atoms with Crippen LogP contribution in [-0.4, -0.2) is 19.9 Å². The third-order valence-corrected chi connectivity index (χ3v) is 7.56.